The summed E-state index contributed by atoms with van der Waals surface area (Å²) in [4.78, 5) is 13.2. The molecule has 0 saturated heterocycles. The van der Waals surface area contributed by atoms with Crippen LogP contribution in [-0.2, 0) is 11.3 Å². The van der Waals surface area contributed by atoms with E-state index < -0.39 is 0 Å². The zero-order valence-corrected chi connectivity index (χ0v) is 10.9. The summed E-state index contributed by atoms with van der Waals surface area (Å²) in [7, 11) is 3.50. The summed E-state index contributed by atoms with van der Waals surface area (Å²) in [6.45, 7) is 2.40. The predicted molar refractivity (Wildman–Crippen MR) is 71.2 cm³/mol. The lowest BCUT2D eigenvalue weighted by Crippen LogP contribution is -2.41. The Morgan fingerprint density at radius 2 is 2.11 bits per heavy atom. The minimum atomic E-state index is -0.215. The summed E-state index contributed by atoms with van der Waals surface area (Å²) in [6.07, 6.45) is 0. The van der Waals surface area contributed by atoms with E-state index in [2.05, 4.69) is 5.32 Å². The molecule has 2 aromatic rings. The van der Waals surface area contributed by atoms with Gasteiger partial charge in [0.2, 0.25) is 5.91 Å². The van der Waals surface area contributed by atoms with Gasteiger partial charge >= 0.3 is 0 Å². The van der Waals surface area contributed by atoms with Crippen LogP contribution in [0.25, 0.3) is 11.0 Å². The number of likely N-dealkylation sites (N-methyl/N-ethyl adjacent to an activating group) is 1. The molecule has 1 unspecified atom stereocenters. The van der Waals surface area contributed by atoms with Crippen LogP contribution < -0.4 is 5.32 Å². The third-order valence-electron chi connectivity index (χ3n) is 2.87. The molecule has 0 saturated carbocycles. The molecule has 0 aliphatic rings. The number of nitrogens with one attached hydrogen (secondary N) is 1. The van der Waals surface area contributed by atoms with Gasteiger partial charge in [-0.1, -0.05) is 18.2 Å². The normalized spacial score (nSPS) is 12.6. The fourth-order valence-corrected chi connectivity index (χ4v) is 1.85. The largest absolute Gasteiger partial charge is 0.460 e. The molecule has 1 atom stereocenters. The van der Waals surface area contributed by atoms with Crippen LogP contribution in [0.4, 0.5) is 0 Å². The molecule has 1 heterocycles. The maximum absolute atomic E-state index is 11.7. The first-order valence-electron chi connectivity index (χ1n) is 6.00. The number of nitrogens with zero attached hydrogens (tertiary/aromatic N) is 1. The molecule has 1 aromatic carbocycles. The predicted octanol–water partition coefficient (Wildman–Crippen LogP) is 2.00. The number of amides is 1. The van der Waals surface area contributed by atoms with Crippen LogP contribution >= 0.6 is 0 Å². The van der Waals surface area contributed by atoms with Gasteiger partial charge in [-0.25, -0.2) is 0 Å². The summed E-state index contributed by atoms with van der Waals surface area (Å²) in [5.41, 5.74) is 0.876. The first kappa shape index (κ1) is 12.6. The van der Waals surface area contributed by atoms with Crippen LogP contribution in [0.2, 0.25) is 0 Å². The molecule has 0 aliphatic heterocycles. The van der Waals surface area contributed by atoms with Gasteiger partial charge in [-0.3, -0.25) is 10.1 Å². The summed E-state index contributed by atoms with van der Waals surface area (Å²) in [5.74, 6) is 0.903. The number of para-hydroxylation sites is 1. The molecule has 1 aromatic heterocycles. The number of hydrogen-bond acceptors (Lipinski definition) is 3. The Morgan fingerprint density at radius 3 is 2.78 bits per heavy atom. The summed E-state index contributed by atoms with van der Waals surface area (Å²) in [5, 5.41) is 4.24. The zero-order valence-electron chi connectivity index (χ0n) is 10.9. The SMILES string of the molecule is CC(NCc1cc2ccccc2o1)C(=O)N(C)C. The van der Waals surface area contributed by atoms with Crippen molar-refractivity contribution in [2.75, 3.05) is 14.1 Å². The van der Waals surface area contributed by atoms with Crippen molar-refractivity contribution in [1.29, 1.82) is 0 Å². The Hall–Kier alpha value is -1.81. The molecule has 0 spiro atoms. The van der Waals surface area contributed by atoms with Gasteiger partial charge in [-0.15, -0.1) is 0 Å². The van der Waals surface area contributed by atoms with Crippen LogP contribution in [0.3, 0.4) is 0 Å². The second kappa shape index (κ2) is 5.23. The summed E-state index contributed by atoms with van der Waals surface area (Å²) in [6, 6.07) is 9.65. The van der Waals surface area contributed by atoms with E-state index in [0.29, 0.717) is 6.54 Å². The Morgan fingerprint density at radius 1 is 1.39 bits per heavy atom. The van der Waals surface area contributed by atoms with E-state index in [4.69, 9.17) is 4.42 Å². The number of furan rings is 1. The molecule has 1 N–H and O–H groups in total. The number of benzene rings is 1. The monoisotopic (exact) mass is 246 g/mol. The number of fused-ring (bicyclic) bond motifs is 1. The summed E-state index contributed by atoms with van der Waals surface area (Å²) < 4.78 is 5.67. The quantitative estimate of drug-likeness (QED) is 0.897. The lowest BCUT2D eigenvalue weighted by Gasteiger charge is -2.17. The van der Waals surface area contributed by atoms with E-state index in [1.165, 1.54) is 0 Å². The second-order valence-corrected chi connectivity index (χ2v) is 4.59. The third-order valence-corrected chi connectivity index (χ3v) is 2.87. The Balaban J connectivity index is 2.00. The van der Waals surface area contributed by atoms with E-state index in [1.54, 1.807) is 19.0 Å². The van der Waals surface area contributed by atoms with Crippen LogP contribution in [0, 0.1) is 0 Å². The molecular formula is C14H18N2O2. The highest BCUT2D eigenvalue weighted by Crippen LogP contribution is 2.18. The molecule has 0 radical (unpaired) electrons. The van der Waals surface area contributed by atoms with Gasteiger partial charge in [0, 0.05) is 19.5 Å². The van der Waals surface area contributed by atoms with E-state index in [-0.39, 0.29) is 11.9 Å². The van der Waals surface area contributed by atoms with E-state index in [0.717, 1.165) is 16.7 Å². The number of carbonyl (C=O) groups excluding carboxylic acids is 1. The fourth-order valence-electron chi connectivity index (χ4n) is 1.85. The van der Waals surface area contributed by atoms with Crippen molar-refractivity contribution in [2.24, 2.45) is 0 Å². The van der Waals surface area contributed by atoms with Gasteiger partial charge in [-0.05, 0) is 19.1 Å². The first-order chi connectivity index (χ1) is 8.58. The topological polar surface area (TPSA) is 45.5 Å². The molecule has 2 rings (SSSR count). The lowest BCUT2D eigenvalue weighted by molar-refractivity contribution is -0.130. The van der Waals surface area contributed by atoms with Crippen LogP contribution in [0.15, 0.2) is 34.7 Å². The van der Waals surface area contributed by atoms with Crippen molar-refractivity contribution < 1.29 is 9.21 Å². The van der Waals surface area contributed by atoms with Gasteiger partial charge in [0.15, 0.2) is 0 Å². The van der Waals surface area contributed by atoms with Crippen LogP contribution in [0.5, 0.6) is 0 Å². The lowest BCUT2D eigenvalue weighted by atomic mass is 10.2. The number of carbonyl (C=O) groups is 1. The molecule has 0 fully saturated rings. The minimum absolute atomic E-state index is 0.0612. The highest BCUT2D eigenvalue weighted by molar-refractivity contribution is 5.81. The smallest absolute Gasteiger partial charge is 0.238 e. The van der Waals surface area contributed by atoms with E-state index >= 15 is 0 Å². The fraction of sp³-hybridized carbons (Fsp3) is 0.357. The molecule has 96 valence electrons. The highest BCUT2D eigenvalue weighted by atomic mass is 16.3. The molecule has 4 nitrogen and oxygen atoms in total. The Bertz CT molecular complexity index is 512. The minimum Gasteiger partial charge on any atom is -0.460 e. The first-order valence-corrected chi connectivity index (χ1v) is 6.00. The molecule has 0 aliphatic carbocycles. The zero-order chi connectivity index (χ0) is 13.1. The molecule has 18 heavy (non-hydrogen) atoms. The maximum Gasteiger partial charge on any atom is 0.238 e. The average molecular weight is 246 g/mol. The molecule has 0 bridgehead atoms. The Labute approximate surface area is 107 Å². The van der Waals surface area contributed by atoms with Crippen molar-refractivity contribution in [3.8, 4) is 0 Å². The Kier molecular flexibility index (Phi) is 3.67. The van der Waals surface area contributed by atoms with Crippen molar-refractivity contribution in [1.82, 2.24) is 10.2 Å². The highest BCUT2D eigenvalue weighted by Gasteiger charge is 2.14. The van der Waals surface area contributed by atoms with Gasteiger partial charge in [-0.2, -0.15) is 0 Å². The molecule has 4 heteroatoms. The van der Waals surface area contributed by atoms with Crippen molar-refractivity contribution in [2.45, 2.75) is 19.5 Å². The van der Waals surface area contributed by atoms with Crippen molar-refractivity contribution in [3.05, 3.63) is 36.1 Å². The standard InChI is InChI=1S/C14H18N2O2/c1-10(14(17)16(2)3)15-9-12-8-11-6-4-5-7-13(11)18-12/h4-8,10,15H,9H2,1-3H3. The average Bonchev–Trinajstić information content (AvgIpc) is 2.77. The number of rotatable bonds is 4. The second-order valence-electron chi connectivity index (χ2n) is 4.59. The summed E-state index contributed by atoms with van der Waals surface area (Å²) >= 11 is 0. The van der Waals surface area contributed by atoms with Gasteiger partial charge in [0.05, 0.1) is 12.6 Å². The van der Waals surface area contributed by atoms with Crippen molar-refractivity contribution in [3.63, 3.8) is 0 Å². The molecule has 1 amide bonds. The van der Waals surface area contributed by atoms with Gasteiger partial charge < -0.3 is 9.32 Å². The van der Waals surface area contributed by atoms with Crippen LogP contribution in [-0.4, -0.2) is 30.9 Å². The van der Waals surface area contributed by atoms with Gasteiger partial charge in [0.1, 0.15) is 11.3 Å². The van der Waals surface area contributed by atoms with Crippen LogP contribution in [0.1, 0.15) is 12.7 Å². The molecular weight excluding hydrogens is 228 g/mol. The maximum atomic E-state index is 11.7. The van der Waals surface area contributed by atoms with E-state index in [1.807, 2.05) is 37.3 Å². The number of hydrogen-bond donors (Lipinski definition) is 1. The van der Waals surface area contributed by atoms with Crippen molar-refractivity contribution >= 4 is 16.9 Å². The third kappa shape index (κ3) is 2.71. The van der Waals surface area contributed by atoms with E-state index in [9.17, 15) is 4.79 Å². The van der Waals surface area contributed by atoms with Gasteiger partial charge in [0.25, 0.3) is 0 Å².